The minimum absolute atomic E-state index is 0. The molecule has 0 saturated heterocycles. The van der Waals surface area contributed by atoms with Crippen molar-refractivity contribution >= 4 is 24.6 Å². The van der Waals surface area contributed by atoms with Gasteiger partial charge in [0.05, 0.1) is 13.3 Å². The molecule has 1 rings (SSSR count). The van der Waals surface area contributed by atoms with E-state index in [0.717, 1.165) is 0 Å². The molecule has 5 nitrogen and oxygen atoms in total. The summed E-state index contributed by atoms with van der Waals surface area (Å²) in [6.07, 6.45) is 1.42. The maximum absolute atomic E-state index is 11.2. The molecule has 0 aliphatic carbocycles. The molecule has 0 atom stereocenters. The normalized spacial score (nSPS) is 9.62. The van der Waals surface area contributed by atoms with Crippen LogP contribution in [0, 0.1) is 0 Å². The molecule has 88 valence electrons. The Kier molecular flexibility index (Phi) is 5.95. The number of phenols is 1. The summed E-state index contributed by atoms with van der Waals surface area (Å²) in [5.74, 6) is -0.725. The molecule has 16 heavy (non-hydrogen) atoms. The number of rotatable bonds is 3. The first-order chi connectivity index (χ1) is 7.19. The molecule has 0 aliphatic rings. The van der Waals surface area contributed by atoms with Crippen molar-refractivity contribution in [3.63, 3.8) is 0 Å². The molecule has 0 aliphatic heterocycles. The van der Waals surface area contributed by atoms with Crippen molar-refractivity contribution in [1.82, 2.24) is 0 Å². The second-order valence-corrected chi connectivity index (χ2v) is 2.69. The highest BCUT2D eigenvalue weighted by molar-refractivity contribution is 5.94. The molecule has 0 saturated carbocycles. The highest BCUT2D eigenvalue weighted by Crippen LogP contribution is 2.18. The highest BCUT2D eigenvalue weighted by atomic mass is 35.5. The monoisotopic (exact) mass is 245 g/mol. The van der Waals surface area contributed by atoms with Gasteiger partial charge < -0.3 is 14.7 Å². The molecule has 0 aromatic heterocycles. The summed E-state index contributed by atoms with van der Waals surface area (Å²) in [7, 11) is 2.66. The SMILES string of the molecule is CO/N=C/c1ccc(O)c(C(=O)OC)c1.Cl. The van der Waals surface area contributed by atoms with Gasteiger partial charge in [0.2, 0.25) is 0 Å². The minimum Gasteiger partial charge on any atom is -0.507 e. The number of hydrogen-bond acceptors (Lipinski definition) is 5. The van der Waals surface area contributed by atoms with Crippen LogP contribution in [0.1, 0.15) is 15.9 Å². The second kappa shape index (κ2) is 6.68. The Bertz CT molecular complexity index is 392. The number of nitrogens with zero attached hydrogens (tertiary/aromatic N) is 1. The van der Waals surface area contributed by atoms with Gasteiger partial charge in [-0.15, -0.1) is 12.4 Å². The molecular weight excluding hydrogens is 234 g/mol. The van der Waals surface area contributed by atoms with Crippen molar-refractivity contribution in [2.45, 2.75) is 0 Å². The van der Waals surface area contributed by atoms with E-state index in [1.165, 1.54) is 32.6 Å². The lowest BCUT2D eigenvalue weighted by Gasteiger charge is -2.02. The first-order valence-electron chi connectivity index (χ1n) is 4.17. The van der Waals surface area contributed by atoms with Crippen LogP contribution in [0.15, 0.2) is 23.4 Å². The van der Waals surface area contributed by atoms with E-state index in [9.17, 15) is 9.90 Å². The van der Waals surface area contributed by atoms with Crippen LogP contribution >= 0.6 is 12.4 Å². The van der Waals surface area contributed by atoms with Gasteiger partial charge in [0, 0.05) is 0 Å². The Balaban J connectivity index is 0.00000225. The molecule has 6 heteroatoms. The summed E-state index contributed by atoms with van der Waals surface area (Å²) < 4.78 is 4.50. The number of methoxy groups -OCH3 is 1. The van der Waals surface area contributed by atoms with E-state index in [1.54, 1.807) is 6.07 Å². The Labute approximate surface area is 99.1 Å². The van der Waals surface area contributed by atoms with Gasteiger partial charge in [-0.3, -0.25) is 0 Å². The predicted molar refractivity (Wildman–Crippen MR) is 61.3 cm³/mol. The van der Waals surface area contributed by atoms with Crippen LogP contribution in [-0.4, -0.2) is 31.5 Å². The fraction of sp³-hybridized carbons (Fsp3) is 0.200. The van der Waals surface area contributed by atoms with E-state index in [-0.39, 0.29) is 23.7 Å². The van der Waals surface area contributed by atoms with Crippen molar-refractivity contribution in [3.05, 3.63) is 29.3 Å². The summed E-state index contributed by atoms with van der Waals surface area (Å²) >= 11 is 0. The van der Waals surface area contributed by atoms with Gasteiger partial charge in [-0.1, -0.05) is 5.16 Å². The minimum atomic E-state index is -0.597. The van der Waals surface area contributed by atoms with Crippen molar-refractivity contribution in [1.29, 1.82) is 0 Å². The topological polar surface area (TPSA) is 68.1 Å². The van der Waals surface area contributed by atoms with Crippen LogP contribution < -0.4 is 0 Å². The number of ether oxygens (including phenoxy) is 1. The van der Waals surface area contributed by atoms with Crippen LogP contribution in [0.25, 0.3) is 0 Å². The molecule has 0 radical (unpaired) electrons. The van der Waals surface area contributed by atoms with Crippen molar-refractivity contribution in [3.8, 4) is 5.75 Å². The summed E-state index contributed by atoms with van der Waals surface area (Å²) in [6.45, 7) is 0. The third-order valence-electron chi connectivity index (χ3n) is 1.73. The van der Waals surface area contributed by atoms with Gasteiger partial charge in [-0.2, -0.15) is 0 Å². The molecule has 0 spiro atoms. The van der Waals surface area contributed by atoms with Crippen molar-refractivity contribution in [2.75, 3.05) is 14.2 Å². The summed E-state index contributed by atoms with van der Waals surface area (Å²) in [5.41, 5.74) is 0.729. The lowest BCUT2D eigenvalue weighted by Crippen LogP contribution is -2.02. The maximum atomic E-state index is 11.2. The van der Waals surface area contributed by atoms with Gasteiger partial charge in [0.15, 0.2) is 0 Å². The van der Waals surface area contributed by atoms with Gasteiger partial charge in [0.1, 0.15) is 18.4 Å². The standard InChI is InChI=1S/C10H11NO4.ClH/c1-14-10(13)8-5-7(6-11-15-2)3-4-9(8)12;/h3-6,12H,1-2H3;1H/b11-6+;. The number of hydrogen-bond donors (Lipinski definition) is 1. The van der Waals surface area contributed by atoms with Gasteiger partial charge >= 0.3 is 5.97 Å². The summed E-state index contributed by atoms with van der Waals surface area (Å²) in [6, 6.07) is 4.46. The molecule has 0 unspecified atom stereocenters. The van der Waals surface area contributed by atoms with E-state index in [4.69, 9.17) is 0 Å². The zero-order valence-electron chi connectivity index (χ0n) is 8.84. The van der Waals surface area contributed by atoms with Crippen LogP contribution in [0.4, 0.5) is 0 Å². The summed E-state index contributed by atoms with van der Waals surface area (Å²) in [4.78, 5) is 15.7. The van der Waals surface area contributed by atoms with E-state index < -0.39 is 5.97 Å². The Morgan fingerprint density at radius 2 is 2.12 bits per heavy atom. The molecule has 0 fully saturated rings. The smallest absolute Gasteiger partial charge is 0.341 e. The third kappa shape index (κ3) is 3.43. The van der Waals surface area contributed by atoms with E-state index in [0.29, 0.717) is 5.56 Å². The molecule has 0 amide bonds. The average Bonchev–Trinajstić information content (AvgIpc) is 2.27. The van der Waals surface area contributed by atoms with Crippen LogP contribution in [-0.2, 0) is 9.57 Å². The number of phenolic OH excluding ortho intramolecular Hbond substituents is 1. The van der Waals surface area contributed by atoms with Crippen molar-refractivity contribution < 1.29 is 19.5 Å². The van der Waals surface area contributed by atoms with E-state index in [2.05, 4.69) is 14.7 Å². The Morgan fingerprint density at radius 3 is 2.69 bits per heavy atom. The molecule has 0 bridgehead atoms. The number of aromatic hydroxyl groups is 1. The zero-order valence-corrected chi connectivity index (χ0v) is 9.65. The Morgan fingerprint density at radius 1 is 1.44 bits per heavy atom. The largest absolute Gasteiger partial charge is 0.507 e. The molecule has 1 N–H and O–H groups in total. The quantitative estimate of drug-likeness (QED) is 0.499. The number of carbonyl (C=O) groups is 1. The fourth-order valence-electron chi connectivity index (χ4n) is 1.02. The predicted octanol–water partition coefficient (Wildman–Crippen LogP) is 1.58. The van der Waals surface area contributed by atoms with Crippen LogP contribution in [0.3, 0.4) is 0 Å². The average molecular weight is 246 g/mol. The zero-order chi connectivity index (χ0) is 11.3. The van der Waals surface area contributed by atoms with Gasteiger partial charge in [-0.25, -0.2) is 4.79 Å². The lowest BCUT2D eigenvalue weighted by molar-refractivity contribution is 0.0597. The Hall–Kier alpha value is -1.75. The van der Waals surface area contributed by atoms with Gasteiger partial charge in [0.25, 0.3) is 0 Å². The van der Waals surface area contributed by atoms with Crippen LogP contribution in [0.2, 0.25) is 0 Å². The molecular formula is C10H12ClNO4. The number of esters is 1. The number of carbonyl (C=O) groups excluding carboxylic acids is 1. The second-order valence-electron chi connectivity index (χ2n) is 2.69. The molecule has 1 aromatic rings. The van der Waals surface area contributed by atoms with E-state index >= 15 is 0 Å². The molecule has 0 heterocycles. The fourth-order valence-corrected chi connectivity index (χ4v) is 1.02. The first-order valence-corrected chi connectivity index (χ1v) is 4.17. The number of oxime groups is 1. The van der Waals surface area contributed by atoms with Crippen molar-refractivity contribution in [2.24, 2.45) is 5.16 Å². The number of benzene rings is 1. The third-order valence-corrected chi connectivity index (χ3v) is 1.73. The van der Waals surface area contributed by atoms with E-state index in [1.807, 2.05) is 0 Å². The first kappa shape index (κ1) is 14.2. The highest BCUT2D eigenvalue weighted by Gasteiger charge is 2.11. The summed E-state index contributed by atoms with van der Waals surface area (Å²) in [5, 5.41) is 12.9. The maximum Gasteiger partial charge on any atom is 0.341 e. The van der Waals surface area contributed by atoms with Gasteiger partial charge in [-0.05, 0) is 23.8 Å². The van der Waals surface area contributed by atoms with Crippen LogP contribution in [0.5, 0.6) is 5.75 Å². The molecule has 1 aromatic carbocycles. The number of halogens is 1. The lowest BCUT2D eigenvalue weighted by atomic mass is 10.1.